The molecule has 0 saturated heterocycles. The molecule has 2 amide bonds. The summed E-state index contributed by atoms with van der Waals surface area (Å²) in [6, 6.07) is 24.0. The second kappa shape index (κ2) is 10.0. The molecule has 0 fully saturated rings. The van der Waals surface area contributed by atoms with Crippen LogP contribution in [0.2, 0.25) is 0 Å². The van der Waals surface area contributed by atoms with Crippen LogP contribution in [0.4, 0.5) is 11.4 Å². The lowest BCUT2D eigenvalue weighted by Crippen LogP contribution is -2.22. The summed E-state index contributed by atoms with van der Waals surface area (Å²) in [5.41, 5.74) is 3.89. The first-order valence-corrected chi connectivity index (χ1v) is 9.48. The van der Waals surface area contributed by atoms with Crippen LogP contribution in [0.15, 0.2) is 78.9 Å². The smallest absolute Gasteiger partial charge is 0.310 e. The predicted molar refractivity (Wildman–Crippen MR) is 116 cm³/mol. The quantitative estimate of drug-likeness (QED) is 0.584. The monoisotopic (exact) mass is 402 g/mol. The van der Waals surface area contributed by atoms with Crippen LogP contribution in [0, 0.1) is 0 Å². The molecule has 3 aromatic rings. The number of anilines is 2. The highest BCUT2D eigenvalue weighted by Gasteiger charge is 2.11. The van der Waals surface area contributed by atoms with Crippen LogP contribution >= 0.6 is 0 Å². The van der Waals surface area contributed by atoms with Crippen LogP contribution in [0.3, 0.4) is 0 Å². The summed E-state index contributed by atoms with van der Waals surface area (Å²) < 4.78 is 5.10. The maximum absolute atomic E-state index is 12.3. The minimum absolute atomic E-state index is 0.0359. The number of rotatable bonds is 7. The second-order valence-electron chi connectivity index (χ2n) is 6.68. The molecule has 0 aliphatic carbocycles. The molecule has 0 aliphatic rings. The third-order valence-electron chi connectivity index (χ3n) is 4.27. The Hall–Kier alpha value is -3.93. The number of carbonyl (C=O) groups excluding carboxylic acids is 3. The zero-order valence-corrected chi connectivity index (χ0v) is 16.6. The fraction of sp³-hybridized carbons (Fsp3) is 0.125. The van der Waals surface area contributed by atoms with Gasteiger partial charge in [-0.3, -0.25) is 14.4 Å². The van der Waals surface area contributed by atoms with Gasteiger partial charge in [0.05, 0.1) is 6.42 Å². The van der Waals surface area contributed by atoms with E-state index in [1.165, 1.54) is 6.92 Å². The van der Waals surface area contributed by atoms with Crippen molar-refractivity contribution in [1.29, 1.82) is 0 Å². The summed E-state index contributed by atoms with van der Waals surface area (Å²) >= 11 is 0. The van der Waals surface area contributed by atoms with E-state index in [1.54, 1.807) is 30.3 Å². The summed E-state index contributed by atoms with van der Waals surface area (Å²) in [5.74, 6) is -1.08. The number of para-hydroxylation sites is 1. The lowest BCUT2D eigenvalue weighted by Gasteiger charge is -2.11. The van der Waals surface area contributed by atoms with Crippen molar-refractivity contribution in [3.05, 3.63) is 84.4 Å². The average Bonchev–Trinajstić information content (AvgIpc) is 2.74. The molecular weight excluding hydrogens is 380 g/mol. The third kappa shape index (κ3) is 6.04. The Kier molecular flexibility index (Phi) is 6.95. The molecule has 2 N–H and O–H groups in total. The van der Waals surface area contributed by atoms with Crippen LogP contribution in [0.5, 0.6) is 0 Å². The SMILES string of the molecule is CC(=O)Nc1ccc(CC(=O)OCC(=O)Nc2ccccc2-c2ccccc2)cc1. The molecule has 6 heteroatoms. The number of amides is 2. The van der Waals surface area contributed by atoms with Gasteiger partial charge >= 0.3 is 5.97 Å². The summed E-state index contributed by atoms with van der Waals surface area (Å²) in [7, 11) is 0. The van der Waals surface area contributed by atoms with E-state index in [0.29, 0.717) is 11.4 Å². The van der Waals surface area contributed by atoms with Crippen molar-refractivity contribution >= 4 is 29.2 Å². The maximum Gasteiger partial charge on any atom is 0.310 e. The van der Waals surface area contributed by atoms with E-state index < -0.39 is 11.9 Å². The number of nitrogens with one attached hydrogen (secondary N) is 2. The zero-order valence-electron chi connectivity index (χ0n) is 16.6. The van der Waals surface area contributed by atoms with Gasteiger partial charge in [-0.15, -0.1) is 0 Å². The van der Waals surface area contributed by atoms with Crippen molar-refractivity contribution < 1.29 is 19.1 Å². The summed E-state index contributed by atoms with van der Waals surface area (Å²) in [6.07, 6.45) is 0.0359. The molecule has 0 radical (unpaired) electrons. The van der Waals surface area contributed by atoms with Crippen LogP contribution in [-0.4, -0.2) is 24.4 Å². The maximum atomic E-state index is 12.3. The molecule has 0 spiro atoms. The lowest BCUT2D eigenvalue weighted by molar-refractivity contribution is -0.146. The fourth-order valence-electron chi connectivity index (χ4n) is 2.92. The van der Waals surface area contributed by atoms with Gasteiger partial charge in [-0.05, 0) is 29.3 Å². The first kappa shape index (κ1) is 20.8. The van der Waals surface area contributed by atoms with E-state index in [1.807, 2.05) is 48.5 Å². The number of esters is 1. The largest absolute Gasteiger partial charge is 0.455 e. The molecule has 152 valence electrons. The Morgan fingerprint density at radius 3 is 2.17 bits per heavy atom. The number of ether oxygens (including phenoxy) is 1. The first-order chi connectivity index (χ1) is 14.5. The highest BCUT2D eigenvalue weighted by molar-refractivity contribution is 5.97. The van der Waals surface area contributed by atoms with Gasteiger partial charge in [0.15, 0.2) is 6.61 Å². The standard InChI is InChI=1S/C24H22N2O4/c1-17(27)25-20-13-11-18(12-14-20)15-24(29)30-16-23(28)26-22-10-6-5-9-21(22)19-7-3-2-4-8-19/h2-14H,15-16H2,1H3,(H,25,27)(H,26,28). The second-order valence-corrected chi connectivity index (χ2v) is 6.68. The van der Waals surface area contributed by atoms with Crippen molar-refractivity contribution in [3.8, 4) is 11.1 Å². The number of hydrogen-bond acceptors (Lipinski definition) is 4. The van der Waals surface area contributed by atoms with Gasteiger partial charge in [-0.2, -0.15) is 0 Å². The van der Waals surface area contributed by atoms with Crippen LogP contribution in [0.25, 0.3) is 11.1 Å². The van der Waals surface area contributed by atoms with E-state index in [2.05, 4.69) is 10.6 Å². The normalized spacial score (nSPS) is 10.2. The molecular formula is C24H22N2O4. The zero-order chi connectivity index (χ0) is 21.3. The van der Waals surface area contributed by atoms with E-state index >= 15 is 0 Å². The van der Waals surface area contributed by atoms with Crippen LogP contribution in [-0.2, 0) is 25.5 Å². The molecule has 0 bridgehead atoms. The van der Waals surface area contributed by atoms with Crippen molar-refractivity contribution in [1.82, 2.24) is 0 Å². The molecule has 6 nitrogen and oxygen atoms in total. The average molecular weight is 402 g/mol. The van der Waals surface area contributed by atoms with E-state index in [-0.39, 0.29) is 18.9 Å². The minimum atomic E-state index is -0.506. The summed E-state index contributed by atoms with van der Waals surface area (Å²) in [4.78, 5) is 35.4. The van der Waals surface area contributed by atoms with Gasteiger partial charge in [0.2, 0.25) is 5.91 Å². The number of hydrogen-bond donors (Lipinski definition) is 2. The van der Waals surface area contributed by atoms with E-state index in [0.717, 1.165) is 16.7 Å². The van der Waals surface area contributed by atoms with E-state index in [9.17, 15) is 14.4 Å². The molecule has 0 atom stereocenters. The van der Waals surface area contributed by atoms with Gasteiger partial charge < -0.3 is 15.4 Å². The first-order valence-electron chi connectivity index (χ1n) is 9.48. The number of carbonyl (C=O) groups is 3. The van der Waals surface area contributed by atoms with Crippen LogP contribution in [0.1, 0.15) is 12.5 Å². The van der Waals surface area contributed by atoms with Crippen LogP contribution < -0.4 is 10.6 Å². The third-order valence-corrected chi connectivity index (χ3v) is 4.27. The Labute approximate surface area is 174 Å². The van der Waals surface area contributed by atoms with E-state index in [4.69, 9.17) is 4.74 Å². The van der Waals surface area contributed by atoms with Crippen molar-refractivity contribution in [3.63, 3.8) is 0 Å². The van der Waals surface area contributed by atoms with Gasteiger partial charge in [0.25, 0.3) is 5.91 Å². The molecule has 0 heterocycles. The molecule has 3 rings (SSSR count). The molecule has 30 heavy (non-hydrogen) atoms. The highest BCUT2D eigenvalue weighted by atomic mass is 16.5. The lowest BCUT2D eigenvalue weighted by atomic mass is 10.0. The van der Waals surface area contributed by atoms with Crippen molar-refractivity contribution in [2.45, 2.75) is 13.3 Å². The van der Waals surface area contributed by atoms with Crippen molar-refractivity contribution in [2.75, 3.05) is 17.2 Å². The van der Waals surface area contributed by atoms with Gasteiger partial charge in [0, 0.05) is 23.9 Å². The van der Waals surface area contributed by atoms with Gasteiger partial charge in [-0.25, -0.2) is 0 Å². The molecule has 3 aromatic carbocycles. The summed E-state index contributed by atoms with van der Waals surface area (Å²) in [6.45, 7) is 1.06. The minimum Gasteiger partial charge on any atom is -0.455 e. The summed E-state index contributed by atoms with van der Waals surface area (Å²) in [5, 5.41) is 5.45. The van der Waals surface area contributed by atoms with Gasteiger partial charge in [0.1, 0.15) is 0 Å². The van der Waals surface area contributed by atoms with Crippen molar-refractivity contribution in [2.24, 2.45) is 0 Å². The Morgan fingerprint density at radius 2 is 1.47 bits per heavy atom. The predicted octanol–water partition coefficient (Wildman–Crippen LogP) is 4.04. The Balaban J connectivity index is 1.53. The topological polar surface area (TPSA) is 84.5 Å². The molecule has 0 aliphatic heterocycles. The number of benzene rings is 3. The fourth-order valence-corrected chi connectivity index (χ4v) is 2.92. The highest BCUT2D eigenvalue weighted by Crippen LogP contribution is 2.27. The Bertz CT molecular complexity index is 1030. The molecule has 0 aromatic heterocycles. The molecule has 0 unspecified atom stereocenters. The van der Waals surface area contributed by atoms with Gasteiger partial charge in [-0.1, -0.05) is 60.7 Å². The Morgan fingerprint density at radius 1 is 0.800 bits per heavy atom. The molecule has 0 saturated carbocycles.